The summed E-state index contributed by atoms with van der Waals surface area (Å²) in [7, 11) is 0. The molecule has 0 atom stereocenters. The van der Waals surface area contributed by atoms with Crippen molar-refractivity contribution in [2.45, 2.75) is 6.92 Å². The molecule has 3 aromatic carbocycles. The van der Waals surface area contributed by atoms with Gasteiger partial charge in [0.25, 0.3) is 5.91 Å². The van der Waals surface area contributed by atoms with Crippen molar-refractivity contribution in [3.05, 3.63) is 89.3 Å². The number of thioether (sulfide) groups is 1. The molecule has 6 heteroatoms. The van der Waals surface area contributed by atoms with Crippen LogP contribution < -0.4 is 10.6 Å². The first-order chi connectivity index (χ1) is 14.6. The fourth-order valence-corrected chi connectivity index (χ4v) is 3.81. The number of hydrogen-bond donors (Lipinski definition) is 2. The minimum Gasteiger partial charge on any atom is -0.326 e. The van der Waals surface area contributed by atoms with E-state index in [4.69, 9.17) is 0 Å². The first-order valence-electron chi connectivity index (χ1n) is 9.39. The van der Waals surface area contributed by atoms with Crippen molar-refractivity contribution in [2.24, 2.45) is 4.99 Å². The summed E-state index contributed by atoms with van der Waals surface area (Å²) in [6, 6.07) is 25.2. The fraction of sp³-hybridized carbons (Fsp3) is 0.0417. The number of benzene rings is 3. The van der Waals surface area contributed by atoms with E-state index in [0.29, 0.717) is 10.1 Å². The summed E-state index contributed by atoms with van der Waals surface area (Å²) >= 11 is 1.33. The third kappa shape index (κ3) is 4.85. The molecule has 0 bridgehead atoms. The molecular formula is C24H19N3O2S. The summed E-state index contributed by atoms with van der Waals surface area (Å²) in [5.41, 5.74) is 4.61. The lowest BCUT2D eigenvalue weighted by molar-refractivity contribution is -0.115. The van der Waals surface area contributed by atoms with E-state index in [0.717, 1.165) is 28.1 Å². The van der Waals surface area contributed by atoms with Gasteiger partial charge < -0.3 is 10.6 Å². The third-order valence-corrected chi connectivity index (χ3v) is 5.29. The normalized spacial score (nSPS) is 16.0. The minimum absolute atomic E-state index is 0.0917. The highest BCUT2D eigenvalue weighted by atomic mass is 32.2. The molecule has 148 valence electrons. The van der Waals surface area contributed by atoms with Gasteiger partial charge in [0.1, 0.15) is 0 Å². The Bertz CT molecular complexity index is 1140. The fourth-order valence-electron chi connectivity index (χ4n) is 2.97. The van der Waals surface area contributed by atoms with E-state index < -0.39 is 0 Å². The van der Waals surface area contributed by atoms with Crippen LogP contribution in [0, 0.1) is 0 Å². The van der Waals surface area contributed by atoms with Gasteiger partial charge >= 0.3 is 0 Å². The maximum atomic E-state index is 12.3. The van der Waals surface area contributed by atoms with Gasteiger partial charge in [-0.2, -0.15) is 0 Å². The zero-order valence-corrected chi connectivity index (χ0v) is 17.1. The molecule has 1 saturated heterocycles. The summed E-state index contributed by atoms with van der Waals surface area (Å²) in [6.45, 7) is 1.49. The number of amides is 2. The Labute approximate surface area is 178 Å². The zero-order valence-electron chi connectivity index (χ0n) is 16.3. The molecule has 3 aromatic rings. The van der Waals surface area contributed by atoms with Crippen molar-refractivity contribution in [2.75, 3.05) is 5.32 Å². The van der Waals surface area contributed by atoms with Gasteiger partial charge in [-0.25, -0.2) is 4.99 Å². The molecule has 2 amide bonds. The van der Waals surface area contributed by atoms with Gasteiger partial charge in [0.2, 0.25) is 5.91 Å². The molecule has 2 N–H and O–H groups in total. The summed E-state index contributed by atoms with van der Waals surface area (Å²) in [4.78, 5) is 28.5. The Morgan fingerprint density at radius 1 is 0.933 bits per heavy atom. The quantitative estimate of drug-likeness (QED) is 0.577. The second kappa shape index (κ2) is 8.80. The molecule has 1 aliphatic heterocycles. The Kier molecular flexibility index (Phi) is 5.77. The van der Waals surface area contributed by atoms with Crippen LogP contribution >= 0.6 is 11.8 Å². The first-order valence-corrected chi connectivity index (χ1v) is 10.2. The molecule has 5 nitrogen and oxygen atoms in total. The maximum absolute atomic E-state index is 12.3. The van der Waals surface area contributed by atoms with Gasteiger partial charge in [-0.15, -0.1) is 0 Å². The Morgan fingerprint density at radius 2 is 1.57 bits per heavy atom. The van der Waals surface area contributed by atoms with Crippen LogP contribution in [0.4, 0.5) is 11.4 Å². The average Bonchev–Trinajstić information content (AvgIpc) is 3.08. The summed E-state index contributed by atoms with van der Waals surface area (Å²) in [5.74, 6) is -0.238. The number of carbonyl (C=O) groups excluding carboxylic acids is 2. The second-order valence-corrected chi connectivity index (χ2v) is 7.73. The molecule has 0 unspecified atom stereocenters. The molecule has 0 radical (unpaired) electrons. The van der Waals surface area contributed by atoms with Crippen LogP contribution in [-0.4, -0.2) is 17.0 Å². The SMILES string of the molecule is CC(=O)Nc1ccc(-c2ccc(/C=C3/SC(=Nc4ccccc4)NC3=O)cc2)cc1. The number of anilines is 1. The molecule has 0 spiro atoms. The molecule has 0 aromatic heterocycles. The van der Waals surface area contributed by atoms with Crippen LogP contribution in [0.15, 0.2) is 88.8 Å². The van der Waals surface area contributed by atoms with E-state index in [2.05, 4.69) is 15.6 Å². The van der Waals surface area contributed by atoms with Crippen LogP contribution in [-0.2, 0) is 9.59 Å². The number of hydrogen-bond acceptors (Lipinski definition) is 4. The number of para-hydroxylation sites is 1. The lowest BCUT2D eigenvalue weighted by Crippen LogP contribution is -2.19. The number of carbonyl (C=O) groups is 2. The topological polar surface area (TPSA) is 70.6 Å². The van der Waals surface area contributed by atoms with Crippen LogP contribution in [0.3, 0.4) is 0 Å². The lowest BCUT2D eigenvalue weighted by Gasteiger charge is -2.05. The zero-order chi connectivity index (χ0) is 20.9. The number of nitrogens with one attached hydrogen (secondary N) is 2. The molecule has 0 aliphatic carbocycles. The number of nitrogens with zero attached hydrogens (tertiary/aromatic N) is 1. The second-order valence-electron chi connectivity index (χ2n) is 6.70. The number of rotatable bonds is 4. The molecule has 4 rings (SSSR count). The highest BCUT2D eigenvalue weighted by Gasteiger charge is 2.23. The monoisotopic (exact) mass is 413 g/mol. The first kappa shape index (κ1) is 19.7. The van der Waals surface area contributed by atoms with E-state index in [1.807, 2.05) is 84.9 Å². The summed E-state index contributed by atoms with van der Waals surface area (Å²) < 4.78 is 0. The molecule has 1 fully saturated rings. The van der Waals surface area contributed by atoms with Crippen LogP contribution in [0.25, 0.3) is 17.2 Å². The minimum atomic E-state index is -0.146. The maximum Gasteiger partial charge on any atom is 0.264 e. The number of amidine groups is 1. The Balaban J connectivity index is 1.48. The van der Waals surface area contributed by atoms with Gasteiger partial charge in [0.15, 0.2) is 5.17 Å². The largest absolute Gasteiger partial charge is 0.326 e. The van der Waals surface area contributed by atoms with Crippen molar-refractivity contribution >= 4 is 46.2 Å². The Morgan fingerprint density at radius 3 is 2.20 bits per heavy atom. The average molecular weight is 414 g/mol. The molecular weight excluding hydrogens is 394 g/mol. The smallest absolute Gasteiger partial charge is 0.264 e. The van der Waals surface area contributed by atoms with Gasteiger partial charge in [-0.3, -0.25) is 9.59 Å². The van der Waals surface area contributed by atoms with Gasteiger partial charge in [-0.05, 0) is 58.8 Å². The molecule has 1 heterocycles. The molecule has 1 aliphatic rings. The van der Waals surface area contributed by atoms with Crippen molar-refractivity contribution in [3.8, 4) is 11.1 Å². The van der Waals surface area contributed by atoms with E-state index in [1.54, 1.807) is 0 Å². The summed E-state index contributed by atoms with van der Waals surface area (Å²) in [5, 5.41) is 6.14. The van der Waals surface area contributed by atoms with Crippen molar-refractivity contribution in [1.29, 1.82) is 0 Å². The van der Waals surface area contributed by atoms with E-state index in [-0.39, 0.29) is 11.8 Å². The van der Waals surface area contributed by atoms with Crippen LogP contribution in [0.2, 0.25) is 0 Å². The number of aliphatic imine (C=N–C) groups is 1. The predicted molar refractivity (Wildman–Crippen MR) is 123 cm³/mol. The standard InChI is InChI=1S/C24H19N3O2S/c1-16(28)25-21-13-11-19(12-14-21)18-9-7-17(8-10-18)15-22-23(29)27-24(30-22)26-20-5-3-2-4-6-20/h2-15H,1H3,(H,25,28)(H,26,27,29)/b22-15+. The van der Waals surface area contributed by atoms with E-state index in [9.17, 15) is 9.59 Å². The van der Waals surface area contributed by atoms with Gasteiger partial charge in [0.05, 0.1) is 10.6 Å². The van der Waals surface area contributed by atoms with Crippen molar-refractivity contribution < 1.29 is 9.59 Å². The predicted octanol–water partition coefficient (Wildman–Crippen LogP) is 5.20. The van der Waals surface area contributed by atoms with Crippen LogP contribution in [0.1, 0.15) is 12.5 Å². The highest BCUT2D eigenvalue weighted by Crippen LogP contribution is 2.29. The van der Waals surface area contributed by atoms with Crippen molar-refractivity contribution in [1.82, 2.24) is 5.32 Å². The Hall–Kier alpha value is -3.64. The van der Waals surface area contributed by atoms with Crippen LogP contribution in [0.5, 0.6) is 0 Å². The lowest BCUT2D eigenvalue weighted by atomic mass is 10.0. The van der Waals surface area contributed by atoms with Crippen molar-refractivity contribution in [3.63, 3.8) is 0 Å². The third-order valence-electron chi connectivity index (χ3n) is 4.38. The molecule has 0 saturated carbocycles. The van der Waals surface area contributed by atoms with Gasteiger partial charge in [-0.1, -0.05) is 54.6 Å². The van der Waals surface area contributed by atoms with Gasteiger partial charge in [0, 0.05) is 12.6 Å². The van der Waals surface area contributed by atoms with E-state index >= 15 is 0 Å². The summed E-state index contributed by atoms with van der Waals surface area (Å²) in [6.07, 6.45) is 1.86. The molecule has 30 heavy (non-hydrogen) atoms. The van der Waals surface area contributed by atoms with E-state index in [1.165, 1.54) is 18.7 Å². The highest BCUT2D eigenvalue weighted by molar-refractivity contribution is 8.18.